The molecule has 0 N–H and O–H groups in total. The quantitative estimate of drug-likeness (QED) is 0.775. The highest BCUT2D eigenvalue weighted by atomic mass is 19.3. The largest absolute Gasteiger partial charge is 0.469 e. The minimum absolute atomic E-state index is 0.132. The smallest absolute Gasteiger partial charge is 0.310 e. The number of alkyl halides is 2. The van der Waals surface area contributed by atoms with Crippen LogP contribution in [0.4, 0.5) is 8.78 Å². The Bertz CT molecular complexity index is 492. The summed E-state index contributed by atoms with van der Waals surface area (Å²) in [7, 11) is 1.21. The first-order valence-electron chi connectivity index (χ1n) is 5.44. The molecule has 1 rings (SSSR count). The molecule has 0 bridgehead atoms. The minimum atomic E-state index is -2.73. The number of esters is 1. The molecule has 0 aliphatic carbocycles. The van der Waals surface area contributed by atoms with Gasteiger partial charge in [-0.05, 0) is 23.6 Å². The Hall–Kier alpha value is -1.96. The van der Waals surface area contributed by atoms with E-state index in [1.165, 1.54) is 13.2 Å². The van der Waals surface area contributed by atoms with E-state index in [2.05, 4.69) is 4.74 Å². The number of hydrogen-bond acceptors (Lipinski definition) is 3. The Kier molecular flexibility index (Phi) is 4.78. The molecule has 0 aliphatic rings. The summed E-state index contributed by atoms with van der Waals surface area (Å²) in [5.41, 5.74) is 0.505. The second-order valence-corrected chi connectivity index (χ2v) is 3.74. The minimum Gasteiger partial charge on any atom is -0.469 e. The third kappa shape index (κ3) is 3.04. The lowest BCUT2D eigenvalue weighted by Gasteiger charge is -2.11. The zero-order valence-electron chi connectivity index (χ0n) is 10.2. The van der Waals surface area contributed by atoms with Crippen LogP contribution in [-0.2, 0) is 22.4 Å². The van der Waals surface area contributed by atoms with E-state index in [9.17, 15) is 13.6 Å². The summed E-state index contributed by atoms with van der Waals surface area (Å²) in [4.78, 5) is 11.2. The van der Waals surface area contributed by atoms with Gasteiger partial charge in [-0.15, -0.1) is 0 Å². The first-order valence-corrected chi connectivity index (χ1v) is 5.44. The molecule has 0 saturated carbocycles. The molecular weight excluding hydrogens is 240 g/mol. The Morgan fingerprint density at radius 3 is 2.61 bits per heavy atom. The fraction of sp³-hybridized carbons (Fsp3) is 0.385. The number of carbonyl (C=O) groups excluding carboxylic acids is 1. The van der Waals surface area contributed by atoms with Gasteiger partial charge in [0.25, 0.3) is 6.43 Å². The summed E-state index contributed by atoms with van der Waals surface area (Å²) in [6.45, 7) is 1.82. The lowest BCUT2D eigenvalue weighted by atomic mass is 9.95. The van der Waals surface area contributed by atoms with E-state index in [0.717, 1.165) is 0 Å². The SMILES string of the molecule is CCc1cc(CC(=O)OC)c(C#N)c(C(F)F)c1. The normalized spacial score (nSPS) is 10.2. The number of ether oxygens (including phenoxy) is 1. The molecule has 18 heavy (non-hydrogen) atoms. The van der Waals surface area contributed by atoms with Crippen LogP contribution in [0.2, 0.25) is 0 Å². The highest BCUT2D eigenvalue weighted by molar-refractivity contribution is 5.74. The number of hydrogen-bond donors (Lipinski definition) is 0. The lowest BCUT2D eigenvalue weighted by Crippen LogP contribution is -2.08. The second kappa shape index (κ2) is 6.10. The van der Waals surface area contributed by atoms with Crippen LogP contribution in [-0.4, -0.2) is 13.1 Å². The van der Waals surface area contributed by atoms with Crippen molar-refractivity contribution in [2.24, 2.45) is 0 Å². The third-order valence-corrected chi connectivity index (χ3v) is 2.63. The molecule has 0 aromatic heterocycles. The maximum absolute atomic E-state index is 12.9. The predicted octanol–water partition coefficient (Wildman–Crippen LogP) is 2.77. The fourth-order valence-electron chi connectivity index (χ4n) is 1.67. The predicted molar refractivity (Wildman–Crippen MR) is 61.2 cm³/mol. The molecule has 0 spiro atoms. The van der Waals surface area contributed by atoms with E-state index < -0.39 is 12.4 Å². The van der Waals surface area contributed by atoms with Crippen molar-refractivity contribution < 1.29 is 18.3 Å². The van der Waals surface area contributed by atoms with E-state index in [4.69, 9.17) is 5.26 Å². The molecule has 0 saturated heterocycles. The Balaban J connectivity index is 3.34. The van der Waals surface area contributed by atoms with Crippen molar-refractivity contribution in [3.05, 3.63) is 34.4 Å². The molecular formula is C13H13F2NO2. The van der Waals surface area contributed by atoms with Gasteiger partial charge in [-0.1, -0.05) is 13.0 Å². The zero-order chi connectivity index (χ0) is 13.7. The molecule has 0 unspecified atom stereocenters. The van der Waals surface area contributed by atoms with E-state index in [-0.39, 0.29) is 17.5 Å². The molecule has 0 radical (unpaired) electrons. The molecule has 0 aliphatic heterocycles. The topological polar surface area (TPSA) is 50.1 Å². The van der Waals surface area contributed by atoms with E-state index in [1.807, 2.05) is 6.92 Å². The van der Waals surface area contributed by atoms with Gasteiger partial charge in [0.1, 0.15) is 0 Å². The van der Waals surface area contributed by atoms with Crippen molar-refractivity contribution in [3.8, 4) is 6.07 Å². The second-order valence-electron chi connectivity index (χ2n) is 3.74. The molecule has 0 amide bonds. The average molecular weight is 253 g/mol. The first kappa shape index (κ1) is 14.1. The van der Waals surface area contributed by atoms with Crippen molar-refractivity contribution in [1.29, 1.82) is 5.26 Å². The summed E-state index contributed by atoms with van der Waals surface area (Å²) in [6.07, 6.45) is -2.35. The average Bonchev–Trinajstić information content (AvgIpc) is 2.37. The van der Waals surface area contributed by atoms with Crippen molar-refractivity contribution in [1.82, 2.24) is 0 Å². The van der Waals surface area contributed by atoms with Gasteiger partial charge in [-0.3, -0.25) is 4.79 Å². The standard InChI is InChI=1S/C13H13F2NO2/c1-3-8-4-9(6-12(17)18-2)11(7-16)10(5-8)13(14)15/h4-5,13H,3,6H2,1-2H3. The number of aryl methyl sites for hydroxylation is 1. The van der Waals surface area contributed by atoms with Gasteiger partial charge in [-0.25, -0.2) is 8.78 Å². The summed E-state index contributed by atoms with van der Waals surface area (Å²) in [5.74, 6) is -0.556. The molecule has 0 heterocycles. The Morgan fingerprint density at radius 1 is 1.50 bits per heavy atom. The van der Waals surface area contributed by atoms with Gasteiger partial charge in [0.2, 0.25) is 0 Å². The van der Waals surface area contributed by atoms with Crippen molar-refractivity contribution >= 4 is 5.97 Å². The number of nitriles is 1. The third-order valence-electron chi connectivity index (χ3n) is 2.63. The molecule has 0 fully saturated rings. The van der Waals surface area contributed by atoms with Crippen LogP contribution >= 0.6 is 0 Å². The van der Waals surface area contributed by atoms with Crippen LogP contribution in [0.1, 0.15) is 35.6 Å². The number of nitrogens with zero attached hydrogens (tertiary/aromatic N) is 1. The number of halogens is 2. The van der Waals surface area contributed by atoms with E-state index in [1.54, 1.807) is 12.1 Å². The van der Waals surface area contributed by atoms with Crippen molar-refractivity contribution in [2.45, 2.75) is 26.2 Å². The summed E-state index contributed by atoms with van der Waals surface area (Å²) >= 11 is 0. The van der Waals surface area contributed by atoms with Crippen LogP contribution in [0.5, 0.6) is 0 Å². The van der Waals surface area contributed by atoms with Crippen LogP contribution < -0.4 is 0 Å². The zero-order valence-corrected chi connectivity index (χ0v) is 10.2. The molecule has 0 atom stereocenters. The summed E-state index contributed by atoms with van der Waals surface area (Å²) in [5, 5.41) is 8.96. The van der Waals surface area contributed by atoms with Gasteiger partial charge in [0.05, 0.1) is 25.2 Å². The van der Waals surface area contributed by atoms with Crippen LogP contribution in [0, 0.1) is 11.3 Å². The van der Waals surface area contributed by atoms with E-state index in [0.29, 0.717) is 17.5 Å². The highest BCUT2D eigenvalue weighted by Crippen LogP contribution is 2.27. The van der Waals surface area contributed by atoms with Gasteiger partial charge < -0.3 is 4.74 Å². The van der Waals surface area contributed by atoms with Gasteiger partial charge >= 0.3 is 5.97 Å². The van der Waals surface area contributed by atoms with E-state index >= 15 is 0 Å². The molecule has 1 aromatic rings. The maximum Gasteiger partial charge on any atom is 0.310 e. The number of methoxy groups -OCH3 is 1. The number of carbonyl (C=O) groups is 1. The molecule has 96 valence electrons. The monoisotopic (exact) mass is 253 g/mol. The van der Waals surface area contributed by atoms with Gasteiger partial charge in [-0.2, -0.15) is 5.26 Å². The number of rotatable bonds is 4. The van der Waals surface area contributed by atoms with Gasteiger partial charge in [0.15, 0.2) is 0 Å². The summed E-state index contributed by atoms with van der Waals surface area (Å²) < 4.78 is 30.2. The summed E-state index contributed by atoms with van der Waals surface area (Å²) in [6, 6.07) is 4.65. The molecule has 5 heteroatoms. The molecule has 3 nitrogen and oxygen atoms in total. The maximum atomic E-state index is 12.9. The van der Waals surface area contributed by atoms with Crippen molar-refractivity contribution in [2.75, 3.05) is 7.11 Å². The highest BCUT2D eigenvalue weighted by Gasteiger charge is 2.19. The Morgan fingerprint density at radius 2 is 2.17 bits per heavy atom. The van der Waals surface area contributed by atoms with Crippen LogP contribution in [0.15, 0.2) is 12.1 Å². The van der Waals surface area contributed by atoms with Crippen LogP contribution in [0.3, 0.4) is 0 Å². The molecule has 1 aromatic carbocycles. The fourth-order valence-corrected chi connectivity index (χ4v) is 1.67. The van der Waals surface area contributed by atoms with Crippen molar-refractivity contribution in [3.63, 3.8) is 0 Å². The van der Waals surface area contributed by atoms with Crippen LogP contribution in [0.25, 0.3) is 0 Å². The Labute approximate surface area is 104 Å². The van der Waals surface area contributed by atoms with Gasteiger partial charge in [0, 0.05) is 5.56 Å². The number of benzene rings is 1. The first-order chi connectivity index (χ1) is 8.53. The lowest BCUT2D eigenvalue weighted by molar-refractivity contribution is -0.139.